The van der Waals surface area contributed by atoms with Crippen molar-refractivity contribution in [3.8, 4) is 5.75 Å². The predicted octanol–water partition coefficient (Wildman–Crippen LogP) is 6.10. The van der Waals surface area contributed by atoms with Crippen molar-refractivity contribution in [3.63, 3.8) is 0 Å². The van der Waals surface area contributed by atoms with Crippen LogP contribution in [0, 0.1) is 5.41 Å². The number of unbranched alkanes of at least 4 members (excludes halogenated alkanes) is 3. The lowest BCUT2D eigenvalue weighted by molar-refractivity contribution is -0.150. The van der Waals surface area contributed by atoms with Crippen molar-refractivity contribution in [1.82, 2.24) is 4.90 Å². The van der Waals surface area contributed by atoms with Crippen LogP contribution in [0.4, 0.5) is 18.0 Å². The lowest BCUT2D eigenvalue weighted by Gasteiger charge is -2.25. The fraction of sp³-hybridized carbons (Fsp3) is 0.692. The van der Waals surface area contributed by atoms with Crippen molar-refractivity contribution in [2.75, 3.05) is 32.9 Å². The number of nitrogens with zero attached hydrogens (tertiary/aromatic N) is 1. The van der Waals surface area contributed by atoms with E-state index in [1.165, 1.54) is 4.90 Å². The van der Waals surface area contributed by atoms with Gasteiger partial charge in [0.2, 0.25) is 0 Å². The number of benzene rings is 1. The highest BCUT2D eigenvalue weighted by Gasteiger charge is 2.26. The molecule has 7 nitrogen and oxygen atoms in total. The van der Waals surface area contributed by atoms with Crippen LogP contribution in [0.2, 0.25) is 0 Å². The van der Waals surface area contributed by atoms with Gasteiger partial charge < -0.3 is 24.2 Å². The molecule has 206 valence electrons. The molecular weight excluding hydrogens is 479 g/mol. The Labute approximate surface area is 211 Å². The largest absolute Gasteiger partial charge is 0.492 e. The number of hydrogen-bond donors (Lipinski definition) is 1. The van der Waals surface area contributed by atoms with E-state index < -0.39 is 30.8 Å². The quantitative estimate of drug-likeness (QED) is 0.266. The third-order valence-corrected chi connectivity index (χ3v) is 5.14. The van der Waals surface area contributed by atoms with Gasteiger partial charge in [-0.3, -0.25) is 0 Å². The average molecular weight is 520 g/mol. The third kappa shape index (κ3) is 14.8. The number of carboxylic acid groups (broad SMARTS) is 1. The van der Waals surface area contributed by atoms with Crippen molar-refractivity contribution in [1.29, 1.82) is 0 Å². The Morgan fingerprint density at radius 3 is 2.19 bits per heavy atom. The monoisotopic (exact) mass is 519 g/mol. The van der Waals surface area contributed by atoms with Gasteiger partial charge in [0, 0.05) is 26.0 Å². The SMILES string of the molecule is CCOC(Cc1ccc(OCCN(CCCCCCC(F)(F)F)C(=O)OCC(C)(C)C)cc1)C(=O)O. The molecule has 0 aromatic heterocycles. The lowest BCUT2D eigenvalue weighted by Crippen LogP contribution is -2.37. The zero-order valence-electron chi connectivity index (χ0n) is 21.7. The fourth-order valence-electron chi connectivity index (χ4n) is 3.27. The second-order valence-corrected chi connectivity index (χ2v) is 9.86. The predicted molar refractivity (Wildman–Crippen MR) is 130 cm³/mol. The summed E-state index contributed by atoms with van der Waals surface area (Å²) >= 11 is 0. The molecule has 1 atom stereocenters. The van der Waals surface area contributed by atoms with Gasteiger partial charge in [0.1, 0.15) is 12.4 Å². The van der Waals surface area contributed by atoms with E-state index in [2.05, 4.69) is 0 Å². The Morgan fingerprint density at radius 2 is 1.64 bits per heavy atom. The number of carboxylic acids is 1. The van der Waals surface area contributed by atoms with Gasteiger partial charge in [-0.15, -0.1) is 0 Å². The summed E-state index contributed by atoms with van der Waals surface area (Å²) in [4.78, 5) is 25.3. The molecule has 0 saturated heterocycles. The lowest BCUT2D eigenvalue weighted by atomic mass is 9.99. The molecule has 1 aromatic carbocycles. The van der Waals surface area contributed by atoms with Gasteiger partial charge in [0.25, 0.3) is 0 Å². The van der Waals surface area contributed by atoms with Gasteiger partial charge in [-0.25, -0.2) is 9.59 Å². The van der Waals surface area contributed by atoms with E-state index in [-0.39, 0.29) is 38.0 Å². The highest BCUT2D eigenvalue weighted by molar-refractivity contribution is 5.72. The summed E-state index contributed by atoms with van der Waals surface area (Å²) in [5.41, 5.74) is 0.597. The minimum absolute atomic E-state index is 0.0782. The molecule has 0 aliphatic carbocycles. The molecule has 10 heteroatoms. The van der Waals surface area contributed by atoms with Crippen molar-refractivity contribution >= 4 is 12.1 Å². The van der Waals surface area contributed by atoms with Crippen molar-refractivity contribution in [2.24, 2.45) is 5.41 Å². The molecule has 0 spiro atoms. The topological polar surface area (TPSA) is 85.3 Å². The molecule has 36 heavy (non-hydrogen) atoms. The van der Waals surface area contributed by atoms with Crippen LogP contribution in [-0.4, -0.2) is 67.3 Å². The van der Waals surface area contributed by atoms with Crippen LogP contribution >= 0.6 is 0 Å². The van der Waals surface area contributed by atoms with Gasteiger partial charge in [0.15, 0.2) is 6.10 Å². The van der Waals surface area contributed by atoms with E-state index in [0.717, 1.165) is 5.56 Å². The number of alkyl halides is 3. The molecule has 1 aromatic rings. The summed E-state index contributed by atoms with van der Waals surface area (Å²) in [6.07, 6.45) is -4.41. The summed E-state index contributed by atoms with van der Waals surface area (Å²) in [5.74, 6) is -0.451. The maximum atomic E-state index is 12.6. The standard InChI is InChI=1S/C26H40F3NO6/c1-5-34-22(23(31)32)18-20-10-12-21(13-11-20)35-17-16-30(24(33)36-19-25(2,3)4)15-9-7-6-8-14-26(27,28)29/h10-13,22H,5-9,14-19H2,1-4H3,(H,31,32). The number of ether oxygens (including phenoxy) is 3. The number of rotatable bonds is 16. The molecule has 1 amide bonds. The average Bonchev–Trinajstić information content (AvgIpc) is 2.78. The number of hydrogen-bond acceptors (Lipinski definition) is 5. The Bertz CT molecular complexity index is 777. The molecule has 0 radical (unpaired) electrons. The summed E-state index contributed by atoms with van der Waals surface area (Å²) in [6.45, 7) is 8.97. The molecule has 1 rings (SSSR count). The smallest absolute Gasteiger partial charge is 0.409 e. The van der Waals surface area contributed by atoms with Crippen LogP contribution in [-0.2, 0) is 20.7 Å². The first kappa shape index (κ1) is 31.5. The Hall–Kier alpha value is -2.49. The van der Waals surface area contributed by atoms with Crippen LogP contribution in [0.1, 0.15) is 65.4 Å². The Kier molecular flexibility index (Phi) is 13.7. The van der Waals surface area contributed by atoms with E-state index in [0.29, 0.717) is 38.2 Å². The molecule has 1 N–H and O–H groups in total. The van der Waals surface area contributed by atoms with E-state index in [1.54, 1.807) is 31.2 Å². The minimum Gasteiger partial charge on any atom is -0.492 e. The first-order valence-corrected chi connectivity index (χ1v) is 12.4. The number of aliphatic carboxylic acids is 1. The number of carbonyl (C=O) groups excluding carboxylic acids is 1. The summed E-state index contributed by atoms with van der Waals surface area (Å²) in [5, 5.41) is 9.21. The second-order valence-electron chi connectivity index (χ2n) is 9.86. The number of halogens is 3. The van der Waals surface area contributed by atoms with Gasteiger partial charge >= 0.3 is 18.2 Å². The maximum absolute atomic E-state index is 12.6. The van der Waals surface area contributed by atoms with Crippen molar-refractivity contribution in [2.45, 2.75) is 78.5 Å². The maximum Gasteiger partial charge on any atom is 0.409 e. The van der Waals surface area contributed by atoms with E-state index in [4.69, 9.17) is 14.2 Å². The van der Waals surface area contributed by atoms with Gasteiger partial charge in [-0.05, 0) is 42.9 Å². The minimum atomic E-state index is -4.14. The highest BCUT2D eigenvalue weighted by Crippen LogP contribution is 2.23. The first-order chi connectivity index (χ1) is 16.8. The Balaban J connectivity index is 2.57. The highest BCUT2D eigenvalue weighted by atomic mass is 19.4. The number of carbonyl (C=O) groups is 2. The normalized spacial score (nSPS) is 12.8. The van der Waals surface area contributed by atoms with Gasteiger partial charge in [-0.1, -0.05) is 45.7 Å². The zero-order valence-corrected chi connectivity index (χ0v) is 21.7. The van der Waals surface area contributed by atoms with Crippen LogP contribution in [0.5, 0.6) is 5.75 Å². The second kappa shape index (κ2) is 15.6. The first-order valence-electron chi connectivity index (χ1n) is 12.4. The molecule has 0 heterocycles. The van der Waals surface area contributed by atoms with Crippen LogP contribution in [0.3, 0.4) is 0 Å². The molecule has 0 bridgehead atoms. The molecular formula is C26H40F3NO6. The molecule has 0 aliphatic rings. The van der Waals surface area contributed by atoms with Crippen molar-refractivity contribution in [3.05, 3.63) is 29.8 Å². The van der Waals surface area contributed by atoms with E-state index >= 15 is 0 Å². The van der Waals surface area contributed by atoms with Crippen LogP contribution < -0.4 is 4.74 Å². The fourth-order valence-corrected chi connectivity index (χ4v) is 3.27. The summed E-state index contributed by atoms with van der Waals surface area (Å²) in [6, 6.07) is 6.98. The number of amides is 1. The van der Waals surface area contributed by atoms with Gasteiger partial charge in [-0.2, -0.15) is 13.2 Å². The molecule has 1 unspecified atom stereocenters. The zero-order chi connectivity index (χ0) is 27.2. The van der Waals surface area contributed by atoms with E-state index in [9.17, 15) is 27.9 Å². The third-order valence-electron chi connectivity index (χ3n) is 5.14. The van der Waals surface area contributed by atoms with Crippen LogP contribution in [0.25, 0.3) is 0 Å². The Morgan fingerprint density at radius 1 is 1.00 bits per heavy atom. The van der Waals surface area contributed by atoms with Crippen molar-refractivity contribution < 1.29 is 42.1 Å². The van der Waals surface area contributed by atoms with Gasteiger partial charge in [0.05, 0.1) is 13.2 Å². The summed E-state index contributed by atoms with van der Waals surface area (Å²) in [7, 11) is 0. The van der Waals surface area contributed by atoms with Crippen LogP contribution in [0.15, 0.2) is 24.3 Å². The van der Waals surface area contributed by atoms with E-state index in [1.807, 2.05) is 20.8 Å². The molecule has 0 fully saturated rings. The molecule has 0 saturated carbocycles. The molecule has 0 aliphatic heterocycles. The summed E-state index contributed by atoms with van der Waals surface area (Å²) < 4.78 is 53.2.